The van der Waals surface area contributed by atoms with Gasteiger partial charge < -0.3 is 5.32 Å². The second-order valence-corrected chi connectivity index (χ2v) is 4.39. The van der Waals surface area contributed by atoms with Crippen LogP contribution in [-0.2, 0) is 0 Å². The lowest BCUT2D eigenvalue weighted by Crippen LogP contribution is -2.34. The van der Waals surface area contributed by atoms with E-state index in [0.717, 1.165) is 25.9 Å². The van der Waals surface area contributed by atoms with Crippen molar-refractivity contribution in [2.75, 3.05) is 13.1 Å². The molecule has 0 aromatic heterocycles. The molecule has 0 aliphatic heterocycles. The largest absolute Gasteiger partial charge is 0.317 e. The summed E-state index contributed by atoms with van der Waals surface area (Å²) in [7, 11) is 0. The summed E-state index contributed by atoms with van der Waals surface area (Å²) in [6.45, 7) is 3.80. The number of benzene rings is 1. The fraction of sp³-hybridized carbons (Fsp3) is 0.538. The summed E-state index contributed by atoms with van der Waals surface area (Å²) in [5.74, 6) is -0.357. The van der Waals surface area contributed by atoms with E-state index in [4.69, 9.17) is 0 Å². The van der Waals surface area contributed by atoms with Gasteiger partial charge in [0.2, 0.25) is 0 Å². The Morgan fingerprint density at radius 3 is 2.44 bits per heavy atom. The Balaban J connectivity index is 2.12. The highest BCUT2D eigenvalue weighted by atomic mass is 19.1. The average Bonchev–Trinajstić information content (AvgIpc) is 2.22. The first-order valence-electron chi connectivity index (χ1n) is 5.88. The van der Waals surface area contributed by atoms with Gasteiger partial charge in [-0.2, -0.15) is 0 Å². The van der Waals surface area contributed by atoms with Crippen LogP contribution in [0.5, 0.6) is 0 Å². The van der Waals surface area contributed by atoms with E-state index >= 15 is 0 Å². The van der Waals surface area contributed by atoms with Gasteiger partial charge in [0.15, 0.2) is 0 Å². The minimum absolute atomic E-state index is 0.0558. The molecule has 1 aromatic rings. The maximum Gasteiger partial charge on any atom is 0.129 e. The maximum absolute atomic E-state index is 13.6. The molecule has 1 aromatic carbocycles. The van der Waals surface area contributed by atoms with Crippen LogP contribution in [0.4, 0.5) is 8.78 Å². The predicted octanol–water partition coefficient (Wildman–Crippen LogP) is 3.07. The van der Waals surface area contributed by atoms with Crippen LogP contribution in [0.3, 0.4) is 0 Å². The summed E-state index contributed by atoms with van der Waals surface area (Å²) in [6.07, 6.45) is 1.96. The number of rotatable bonds is 4. The van der Waals surface area contributed by atoms with Gasteiger partial charge in [-0.3, -0.25) is 0 Å². The smallest absolute Gasteiger partial charge is 0.129 e. The molecule has 88 valence electrons. The van der Waals surface area contributed by atoms with Crippen molar-refractivity contribution in [1.29, 1.82) is 0 Å². The molecule has 2 rings (SSSR count). The Hall–Kier alpha value is -0.960. The monoisotopic (exact) mass is 225 g/mol. The first-order valence-corrected chi connectivity index (χ1v) is 5.88. The highest BCUT2D eigenvalue weighted by molar-refractivity contribution is 5.26. The standard InChI is InChI=1S/C13H17F2N/c1-2-16-8-9-6-7-10(9)13-11(14)4-3-5-12(13)15/h3-5,9-10,16H,2,6-8H2,1H3. The van der Waals surface area contributed by atoms with Gasteiger partial charge in [-0.05, 0) is 49.9 Å². The predicted molar refractivity (Wildman–Crippen MR) is 60.4 cm³/mol. The SMILES string of the molecule is CCNCC1CCC1c1c(F)cccc1F. The molecule has 1 saturated carbocycles. The summed E-state index contributed by atoms with van der Waals surface area (Å²) in [6, 6.07) is 4.12. The van der Waals surface area contributed by atoms with Crippen LogP contribution < -0.4 is 5.32 Å². The molecule has 0 amide bonds. The van der Waals surface area contributed by atoms with Gasteiger partial charge >= 0.3 is 0 Å². The zero-order valence-corrected chi connectivity index (χ0v) is 9.47. The number of nitrogens with one attached hydrogen (secondary N) is 1. The van der Waals surface area contributed by atoms with Crippen LogP contribution in [0, 0.1) is 17.6 Å². The second-order valence-electron chi connectivity index (χ2n) is 4.39. The zero-order chi connectivity index (χ0) is 11.5. The van der Waals surface area contributed by atoms with Crippen molar-refractivity contribution in [3.63, 3.8) is 0 Å². The van der Waals surface area contributed by atoms with E-state index in [1.165, 1.54) is 18.2 Å². The van der Waals surface area contributed by atoms with Gasteiger partial charge in [0, 0.05) is 5.56 Å². The van der Waals surface area contributed by atoms with Crippen LogP contribution in [0.1, 0.15) is 31.2 Å². The van der Waals surface area contributed by atoms with Crippen molar-refractivity contribution in [2.24, 2.45) is 5.92 Å². The summed E-state index contributed by atoms with van der Waals surface area (Å²) in [5, 5.41) is 3.24. The lowest BCUT2D eigenvalue weighted by atomic mass is 9.69. The van der Waals surface area contributed by atoms with Gasteiger partial charge in [0.1, 0.15) is 11.6 Å². The molecule has 1 N–H and O–H groups in total. The highest BCUT2D eigenvalue weighted by Crippen LogP contribution is 2.43. The number of hydrogen-bond acceptors (Lipinski definition) is 1. The molecule has 0 bridgehead atoms. The molecule has 3 heteroatoms. The molecular formula is C13H17F2N. The van der Waals surface area contributed by atoms with Crippen molar-refractivity contribution in [3.8, 4) is 0 Å². The molecule has 0 spiro atoms. The maximum atomic E-state index is 13.6. The molecule has 1 aliphatic carbocycles. The summed E-state index contributed by atoms with van der Waals surface area (Å²) in [4.78, 5) is 0. The van der Waals surface area contributed by atoms with Crippen molar-refractivity contribution >= 4 is 0 Å². The van der Waals surface area contributed by atoms with Crippen LogP contribution in [0.15, 0.2) is 18.2 Å². The van der Waals surface area contributed by atoms with Crippen LogP contribution in [-0.4, -0.2) is 13.1 Å². The lowest BCUT2D eigenvalue weighted by molar-refractivity contribution is 0.236. The molecule has 0 heterocycles. The Bertz CT molecular complexity index is 345. The third-order valence-electron chi connectivity index (χ3n) is 3.44. The first kappa shape index (κ1) is 11.5. The Morgan fingerprint density at radius 1 is 1.25 bits per heavy atom. The van der Waals surface area contributed by atoms with E-state index in [2.05, 4.69) is 5.32 Å². The van der Waals surface area contributed by atoms with E-state index in [-0.39, 0.29) is 11.5 Å². The van der Waals surface area contributed by atoms with Crippen LogP contribution in [0.25, 0.3) is 0 Å². The number of hydrogen-bond donors (Lipinski definition) is 1. The molecule has 1 fully saturated rings. The van der Waals surface area contributed by atoms with Crippen molar-refractivity contribution in [1.82, 2.24) is 5.32 Å². The third kappa shape index (κ3) is 2.09. The van der Waals surface area contributed by atoms with Gasteiger partial charge in [0.25, 0.3) is 0 Å². The Labute approximate surface area is 94.9 Å². The second kappa shape index (κ2) is 4.91. The highest BCUT2D eigenvalue weighted by Gasteiger charge is 2.35. The van der Waals surface area contributed by atoms with E-state index < -0.39 is 11.6 Å². The Kier molecular flexibility index (Phi) is 3.54. The van der Waals surface area contributed by atoms with Crippen LogP contribution in [0.2, 0.25) is 0 Å². The normalized spacial score (nSPS) is 24.2. The fourth-order valence-corrected chi connectivity index (χ4v) is 2.39. The van der Waals surface area contributed by atoms with Crippen molar-refractivity contribution < 1.29 is 8.78 Å². The first-order chi connectivity index (χ1) is 7.74. The summed E-state index contributed by atoms with van der Waals surface area (Å²) >= 11 is 0. The van der Waals surface area contributed by atoms with Crippen molar-refractivity contribution in [3.05, 3.63) is 35.4 Å². The van der Waals surface area contributed by atoms with E-state index in [1.807, 2.05) is 6.92 Å². The molecule has 1 aliphatic rings. The minimum Gasteiger partial charge on any atom is -0.317 e. The third-order valence-corrected chi connectivity index (χ3v) is 3.44. The number of halogens is 2. The average molecular weight is 225 g/mol. The topological polar surface area (TPSA) is 12.0 Å². The van der Waals surface area contributed by atoms with Crippen molar-refractivity contribution in [2.45, 2.75) is 25.7 Å². The van der Waals surface area contributed by atoms with E-state index in [1.54, 1.807) is 0 Å². The molecule has 0 radical (unpaired) electrons. The Morgan fingerprint density at radius 2 is 1.94 bits per heavy atom. The minimum atomic E-state index is -0.397. The summed E-state index contributed by atoms with van der Waals surface area (Å²) in [5.41, 5.74) is 0.289. The molecule has 0 saturated heterocycles. The van der Waals surface area contributed by atoms with Gasteiger partial charge in [-0.1, -0.05) is 13.0 Å². The van der Waals surface area contributed by atoms with Gasteiger partial charge in [0.05, 0.1) is 0 Å². The zero-order valence-electron chi connectivity index (χ0n) is 9.47. The van der Waals surface area contributed by atoms with E-state index in [0.29, 0.717) is 5.92 Å². The van der Waals surface area contributed by atoms with Gasteiger partial charge in [-0.25, -0.2) is 8.78 Å². The fourth-order valence-electron chi connectivity index (χ4n) is 2.39. The summed E-state index contributed by atoms with van der Waals surface area (Å²) < 4.78 is 27.1. The van der Waals surface area contributed by atoms with Crippen LogP contribution >= 0.6 is 0 Å². The lowest BCUT2D eigenvalue weighted by Gasteiger charge is -2.37. The quantitative estimate of drug-likeness (QED) is 0.830. The molecule has 2 unspecified atom stereocenters. The molecular weight excluding hydrogens is 208 g/mol. The molecule has 16 heavy (non-hydrogen) atoms. The molecule has 2 atom stereocenters. The van der Waals surface area contributed by atoms with E-state index in [9.17, 15) is 8.78 Å². The molecule has 1 nitrogen and oxygen atoms in total. The van der Waals surface area contributed by atoms with Gasteiger partial charge in [-0.15, -0.1) is 0 Å².